The first-order valence-electron chi connectivity index (χ1n) is 5.98. The van der Waals surface area contributed by atoms with E-state index < -0.39 is 0 Å². The number of hydrogen-bond acceptors (Lipinski definition) is 2. The van der Waals surface area contributed by atoms with Crippen LogP contribution in [0.15, 0.2) is 22.7 Å². The third-order valence-electron chi connectivity index (χ3n) is 3.04. The highest BCUT2D eigenvalue weighted by Gasteiger charge is 2.16. The summed E-state index contributed by atoms with van der Waals surface area (Å²) in [6.45, 7) is 2.35. The van der Waals surface area contributed by atoms with E-state index in [0.717, 1.165) is 30.5 Å². The van der Waals surface area contributed by atoms with Crippen molar-refractivity contribution in [2.75, 3.05) is 19.8 Å². The summed E-state index contributed by atoms with van der Waals surface area (Å²) in [5.74, 6) is 0.511. The van der Waals surface area contributed by atoms with Crippen LogP contribution in [0.4, 0.5) is 0 Å². The summed E-state index contributed by atoms with van der Waals surface area (Å²) in [6, 6.07) is 5.16. The SMILES string of the molecule is O=C(NCCC1CCOC1)c1ccc(Cl)cc1Br. The van der Waals surface area contributed by atoms with Crippen molar-refractivity contribution in [3.8, 4) is 0 Å². The molecule has 98 valence electrons. The number of nitrogens with one attached hydrogen (secondary N) is 1. The molecule has 3 nitrogen and oxygen atoms in total. The molecule has 18 heavy (non-hydrogen) atoms. The molecule has 0 radical (unpaired) electrons. The van der Waals surface area contributed by atoms with Gasteiger partial charge in [-0.3, -0.25) is 4.79 Å². The molecule has 0 saturated carbocycles. The Hall–Kier alpha value is -0.580. The lowest BCUT2D eigenvalue weighted by Crippen LogP contribution is -2.26. The van der Waals surface area contributed by atoms with Crippen LogP contribution < -0.4 is 5.32 Å². The normalized spacial score (nSPS) is 18.9. The van der Waals surface area contributed by atoms with Crippen LogP contribution >= 0.6 is 27.5 Å². The number of ether oxygens (including phenoxy) is 1. The zero-order valence-electron chi connectivity index (χ0n) is 9.92. The molecule has 1 saturated heterocycles. The molecule has 0 spiro atoms. The van der Waals surface area contributed by atoms with Gasteiger partial charge in [-0.05, 0) is 52.9 Å². The maximum Gasteiger partial charge on any atom is 0.252 e. The van der Waals surface area contributed by atoms with Gasteiger partial charge in [0.15, 0.2) is 0 Å². The van der Waals surface area contributed by atoms with Crippen LogP contribution in [0.5, 0.6) is 0 Å². The number of rotatable bonds is 4. The van der Waals surface area contributed by atoms with Gasteiger partial charge in [-0.25, -0.2) is 0 Å². The van der Waals surface area contributed by atoms with Gasteiger partial charge in [0, 0.05) is 29.3 Å². The minimum atomic E-state index is -0.0718. The number of carbonyl (C=O) groups excluding carboxylic acids is 1. The van der Waals surface area contributed by atoms with Crippen LogP contribution in [0, 0.1) is 5.92 Å². The Morgan fingerprint density at radius 2 is 2.39 bits per heavy atom. The molecule has 2 rings (SSSR count). The molecule has 1 aromatic carbocycles. The molecule has 1 aliphatic rings. The van der Waals surface area contributed by atoms with E-state index in [2.05, 4.69) is 21.2 Å². The second kappa shape index (κ2) is 6.55. The summed E-state index contributed by atoms with van der Waals surface area (Å²) < 4.78 is 6.02. The molecule has 1 fully saturated rings. The maximum absolute atomic E-state index is 11.9. The van der Waals surface area contributed by atoms with E-state index in [9.17, 15) is 4.79 Å². The summed E-state index contributed by atoms with van der Waals surface area (Å²) in [4.78, 5) is 11.9. The Morgan fingerprint density at radius 3 is 3.06 bits per heavy atom. The molecule has 0 aliphatic carbocycles. The van der Waals surface area contributed by atoms with Crippen molar-refractivity contribution in [3.63, 3.8) is 0 Å². The van der Waals surface area contributed by atoms with Gasteiger partial charge in [0.05, 0.1) is 5.56 Å². The molecular weight excluding hydrogens is 318 g/mol. The number of hydrogen-bond donors (Lipinski definition) is 1. The topological polar surface area (TPSA) is 38.3 Å². The Labute approximate surface area is 120 Å². The van der Waals surface area contributed by atoms with Crippen molar-refractivity contribution in [2.24, 2.45) is 5.92 Å². The second-order valence-corrected chi connectivity index (χ2v) is 5.69. The Kier molecular flexibility index (Phi) is 5.03. The average molecular weight is 333 g/mol. The zero-order chi connectivity index (χ0) is 13.0. The van der Waals surface area contributed by atoms with Crippen LogP contribution in [-0.2, 0) is 4.74 Å². The van der Waals surface area contributed by atoms with Crippen LogP contribution in [0.25, 0.3) is 0 Å². The van der Waals surface area contributed by atoms with Gasteiger partial charge in [-0.1, -0.05) is 11.6 Å². The lowest BCUT2D eigenvalue weighted by atomic mass is 10.1. The molecule has 1 aliphatic heterocycles. The fourth-order valence-corrected chi connectivity index (χ4v) is 2.83. The number of carbonyl (C=O) groups is 1. The van der Waals surface area contributed by atoms with E-state index in [1.54, 1.807) is 18.2 Å². The van der Waals surface area contributed by atoms with Crippen molar-refractivity contribution in [3.05, 3.63) is 33.3 Å². The minimum Gasteiger partial charge on any atom is -0.381 e. The highest BCUT2D eigenvalue weighted by atomic mass is 79.9. The van der Waals surface area contributed by atoms with Crippen molar-refractivity contribution < 1.29 is 9.53 Å². The van der Waals surface area contributed by atoms with E-state index in [-0.39, 0.29) is 5.91 Å². The molecule has 1 aromatic rings. The first-order valence-corrected chi connectivity index (χ1v) is 7.15. The van der Waals surface area contributed by atoms with E-state index >= 15 is 0 Å². The van der Waals surface area contributed by atoms with Crippen molar-refractivity contribution in [1.82, 2.24) is 5.32 Å². The zero-order valence-corrected chi connectivity index (χ0v) is 12.3. The first kappa shape index (κ1) is 13.8. The lowest BCUT2D eigenvalue weighted by molar-refractivity contribution is 0.0949. The molecule has 5 heteroatoms. The van der Waals surface area contributed by atoms with Gasteiger partial charge in [-0.15, -0.1) is 0 Å². The summed E-state index contributed by atoms with van der Waals surface area (Å²) in [6.07, 6.45) is 2.07. The number of amides is 1. The number of benzene rings is 1. The van der Waals surface area contributed by atoms with Gasteiger partial charge in [0.25, 0.3) is 5.91 Å². The van der Waals surface area contributed by atoms with Crippen LogP contribution in [0.1, 0.15) is 23.2 Å². The van der Waals surface area contributed by atoms with Gasteiger partial charge in [0.1, 0.15) is 0 Å². The molecule has 1 atom stereocenters. The molecule has 1 heterocycles. The Balaban J connectivity index is 1.83. The quantitative estimate of drug-likeness (QED) is 0.919. The molecule has 1 N–H and O–H groups in total. The number of halogens is 2. The highest BCUT2D eigenvalue weighted by Crippen LogP contribution is 2.21. The fraction of sp³-hybridized carbons (Fsp3) is 0.462. The molecule has 1 amide bonds. The summed E-state index contributed by atoms with van der Waals surface area (Å²) in [7, 11) is 0. The van der Waals surface area contributed by atoms with Crippen molar-refractivity contribution in [1.29, 1.82) is 0 Å². The molecule has 1 unspecified atom stereocenters. The molecule has 0 aromatic heterocycles. The largest absolute Gasteiger partial charge is 0.381 e. The van der Waals surface area contributed by atoms with Crippen LogP contribution in [0.3, 0.4) is 0 Å². The van der Waals surface area contributed by atoms with E-state index in [1.807, 2.05) is 0 Å². The minimum absolute atomic E-state index is 0.0718. The van der Waals surface area contributed by atoms with Crippen LogP contribution in [-0.4, -0.2) is 25.7 Å². The first-order chi connectivity index (χ1) is 8.66. The standard InChI is InChI=1S/C13H15BrClNO2/c14-12-7-10(15)1-2-11(12)13(17)16-5-3-9-4-6-18-8-9/h1-2,7,9H,3-6,8H2,(H,16,17). The van der Waals surface area contributed by atoms with Crippen molar-refractivity contribution in [2.45, 2.75) is 12.8 Å². The Bertz CT molecular complexity index is 433. The molecular formula is C13H15BrClNO2. The highest BCUT2D eigenvalue weighted by molar-refractivity contribution is 9.10. The molecule has 0 bridgehead atoms. The smallest absolute Gasteiger partial charge is 0.252 e. The monoisotopic (exact) mass is 331 g/mol. The summed E-state index contributed by atoms with van der Waals surface area (Å²) in [5, 5.41) is 3.53. The predicted octanol–water partition coefficient (Wildman–Crippen LogP) is 3.26. The van der Waals surface area contributed by atoms with Crippen LogP contribution in [0.2, 0.25) is 5.02 Å². The second-order valence-electron chi connectivity index (χ2n) is 4.40. The van der Waals surface area contributed by atoms with E-state index in [4.69, 9.17) is 16.3 Å². The van der Waals surface area contributed by atoms with E-state index in [1.165, 1.54) is 0 Å². The van der Waals surface area contributed by atoms with E-state index in [0.29, 0.717) is 23.0 Å². The predicted molar refractivity (Wildman–Crippen MR) is 75.0 cm³/mol. The van der Waals surface area contributed by atoms with Gasteiger partial charge >= 0.3 is 0 Å². The summed E-state index contributed by atoms with van der Waals surface area (Å²) in [5.41, 5.74) is 0.613. The van der Waals surface area contributed by atoms with Gasteiger partial charge in [-0.2, -0.15) is 0 Å². The maximum atomic E-state index is 11.9. The lowest BCUT2D eigenvalue weighted by Gasteiger charge is -2.09. The fourth-order valence-electron chi connectivity index (χ4n) is 1.97. The van der Waals surface area contributed by atoms with Gasteiger partial charge < -0.3 is 10.1 Å². The Morgan fingerprint density at radius 1 is 1.56 bits per heavy atom. The van der Waals surface area contributed by atoms with Gasteiger partial charge in [0.2, 0.25) is 0 Å². The average Bonchev–Trinajstić information content (AvgIpc) is 2.81. The summed E-state index contributed by atoms with van der Waals surface area (Å²) >= 11 is 9.18. The van der Waals surface area contributed by atoms with Crippen molar-refractivity contribution >= 4 is 33.4 Å². The third kappa shape index (κ3) is 3.70. The third-order valence-corrected chi connectivity index (χ3v) is 3.93.